The zero-order valence-electron chi connectivity index (χ0n) is 12.7. The number of rotatable bonds is 4. The van der Waals surface area contributed by atoms with E-state index in [-0.39, 0.29) is 36.5 Å². The van der Waals surface area contributed by atoms with E-state index in [2.05, 4.69) is 5.32 Å². The van der Waals surface area contributed by atoms with Gasteiger partial charge in [-0.2, -0.15) is 0 Å². The van der Waals surface area contributed by atoms with Crippen LogP contribution < -0.4 is 5.32 Å². The Bertz CT molecular complexity index is 515. The molecule has 7 heteroatoms. The monoisotopic (exact) mass is 316 g/mol. The van der Waals surface area contributed by atoms with Crippen molar-refractivity contribution >= 4 is 21.7 Å². The molecule has 0 spiro atoms. The molecule has 2 unspecified atom stereocenters. The average Bonchev–Trinajstić information content (AvgIpc) is 2.64. The number of nitrogens with zero attached hydrogens (tertiary/aromatic N) is 1. The molecule has 0 aromatic carbocycles. The second-order valence-corrected chi connectivity index (χ2v) is 8.82. The molecular weight excluding hydrogens is 292 g/mol. The lowest BCUT2D eigenvalue weighted by Crippen LogP contribution is -2.47. The molecule has 0 radical (unpaired) electrons. The fourth-order valence-electron chi connectivity index (χ4n) is 3.02. The number of sulfone groups is 1. The third kappa shape index (κ3) is 3.96. The molecule has 0 aromatic heterocycles. The molecule has 2 fully saturated rings. The van der Waals surface area contributed by atoms with Gasteiger partial charge in [-0.05, 0) is 25.2 Å². The molecule has 0 bridgehead atoms. The minimum Gasteiger partial charge on any atom is -0.344 e. The second-order valence-electron chi connectivity index (χ2n) is 6.42. The number of hydrogen-bond acceptors (Lipinski definition) is 4. The van der Waals surface area contributed by atoms with Gasteiger partial charge in [0.1, 0.15) is 6.04 Å². The van der Waals surface area contributed by atoms with Gasteiger partial charge in [0.2, 0.25) is 11.8 Å². The van der Waals surface area contributed by atoms with Gasteiger partial charge in [0.25, 0.3) is 0 Å². The lowest BCUT2D eigenvalue weighted by Gasteiger charge is -2.27. The summed E-state index contributed by atoms with van der Waals surface area (Å²) < 4.78 is 23.9. The number of carbonyl (C=O) groups excluding carboxylic acids is 2. The Hall–Kier alpha value is -1.11. The van der Waals surface area contributed by atoms with Crippen molar-refractivity contribution in [2.75, 3.05) is 18.8 Å². The maximum Gasteiger partial charge on any atom is 0.245 e. The summed E-state index contributed by atoms with van der Waals surface area (Å²) in [6.07, 6.45) is 2.11. The number of carbonyl (C=O) groups is 2. The molecule has 1 N–H and O–H groups in total. The Kier molecular flexibility index (Phi) is 4.91. The first kappa shape index (κ1) is 16.3. The van der Waals surface area contributed by atoms with E-state index >= 15 is 0 Å². The molecule has 2 aliphatic heterocycles. The van der Waals surface area contributed by atoms with Crippen molar-refractivity contribution in [3.05, 3.63) is 0 Å². The normalized spacial score (nSPS) is 29.6. The molecule has 120 valence electrons. The summed E-state index contributed by atoms with van der Waals surface area (Å²) in [7, 11) is -3.08. The second kappa shape index (κ2) is 6.34. The zero-order valence-corrected chi connectivity index (χ0v) is 13.5. The van der Waals surface area contributed by atoms with Crippen LogP contribution in [-0.4, -0.2) is 55.3 Å². The van der Waals surface area contributed by atoms with Crippen molar-refractivity contribution in [3.8, 4) is 0 Å². The van der Waals surface area contributed by atoms with Crippen LogP contribution in [0.25, 0.3) is 0 Å². The predicted molar refractivity (Wildman–Crippen MR) is 79.4 cm³/mol. The lowest BCUT2D eigenvalue weighted by atomic mass is 10.0. The van der Waals surface area contributed by atoms with Gasteiger partial charge in [-0.25, -0.2) is 8.42 Å². The van der Waals surface area contributed by atoms with Gasteiger partial charge in [-0.3, -0.25) is 9.59 Å². The summed E-state index contributed by atoms with van der Waals surface area (Å²) in [4.78, 5) is 25.8. The highest BCUT2D eigenvalue weighted by Gasteiger charge is 2.37. The number of nitrogens with one attached hydrogen (secondary N) is 1. The Morgan fingerprint density at radius 1 is 1.33 bits per heavy atom. The van der Waals surface area contributed by atoms with Crippen LogP contribution in [0.2, 0.25) is 0 Å². The smallest absolute Gasteiger partial charge is 0.245 e. The van der Waals surface area contributed by atoms with Crippen molar-refractivity contribution in [3.63, 3.8) is 0 Å². The third-order valence-corrected chi connectivity index (χ3v) is 6.41. The van der Waals surface area contributed by atoms with E-state index in [1.165, 1.54) is 0 Å². The van der Waals surface area contributed by atoms with Gasteiger partial charge in [-0.1, -0.05) is 13.8 Å². The van der Waals surface area contributed by atoms with Gasteiger partial charge in [0.05, 0.1) is 11.0 Å². The minimum atomic E-state index is -3.08. The van der Waals surface area contributed by atoms with Gasteiger partial charge in [0, 0.05) is 19.5 Å². The average molecular weight is 316 g/mol. The highest BCUT2D eigenvalue weighted by molar-refractivity contribution is 7.92. The van der Waals surface area contributed by atoms with Crippen molar-refractivity contribution in [2.45, 2.75) is 50.8 Å². The van der Waals surface area contributed by atoms with E-state index in [1.54, 1.807) is 4.90 Å². The Morgan fingerprint density at radius 3 is 2.62 bits per heavy atom. The van der Waals surface area contributed by atoms with Crippen molar-refractivity contribution in [1.82, 2.24) is 10.2 Å². The van der Waals surface area contributed by atoms with Crippen LogP contribution in [0.5, 0.6) is 0 Å². The summed E-state index contributed by atoms with van der Waals surface area (Å²) in [5.41, 5.74) is 0. The van der Waals surface area contributed by atoms with Crippen LogP contribution in [0, 0.1) is 5.92 Å². The molecular formula is C14H24N2O4S. The summed E-state index contributed by atoms with van der Waals surface area (Å²) in [6, 6.07) is -0.524. The first-order chi connectivity index (χ1) is 9.79. The maximum absolute atomic E-state index is 12.5. The quantitative estimate of drug-likeness (QED) is 0.810. The van der Waals surface area contributed by atoms with Crippen LogP contribution in [0.4, 0.5) is 0 Å². The van der Waals surface area contributed by atoms with E-state index in [0.29, 0.717) is 25.8 Å². The van der Waals surface area contributed by atoms with E-state index in [4.69, 9.17) is 0 Å². The topological polar surface area (TPSA) is 83.6 Å². The van der Waals surface area contributed by atoms with Crippen molar-refractivity contribution in [1.29, 1.82) is 0 Å². The Labute approximate surface area is 126 Å². The first-order valence-electron chi connectivity index (χ1n) is 7.59. The maximum atomic E-state index is 12.5. The standard InChI is InChI=1S/C14H24N2O4S/c1-10(2)8-12-14(18)16(6-5-13(17)15-12)9-11-4-3-7-21(11,19)20/h10-12H,3-9H2,1-2H3,(H,15,17). The molecule has 2 rings (SSSR count). The Morgan fingerprint density at radius 2 is 2.05 bits per heavy atom. The summed E-state index contributed by atoms with van der Waals surface area (Å²) in [5, 5.41) is 2.29. The third-order valence-electron chi connectivity index (χ3n) is 4.15. The molecule has 6 nitrogen and oxygen atoms in total. The highest BCUT2D eigenvalue weighted by Crippen LogP contribution is 2.22. The molecule has 0 aliphatic carbocycles. The largest absolute Gasteiger partial charge is 0.344 e. The Balaban J connectivity index is 2.10. The SMILES string of the molecule is CC(C)CC1NC(=O)CCN(CC2CCCS2(=O)=O)C1=O. The minimum absolute atomic E-state index is 0.134. The van der Waals surface area contributed by atoms with Crippen LogP contribution in [0.1, 0.15) is 39.5 Å². The van der Waals surface area contributed by atoms with Crippen LogP contribution in [0.15, 0.2) is 0 Å². The summed E-state index contributed by atoms with van der Waals surface area (Å²) in [6.45, 7) is 4.53. The lowest BCUT2D eigenvalue weighted by molar-refractivity contribution is -0.134. The number of amides is 2. The molecule has 2 heterocycles. The fourth-order valence-corrected chi connectivity index (χ4v) is 4.85. The molecule has 0 saturated carbocycles. The molecule has 2 saturated heterocycles. The van der Waals surface area contributed by atoms with Crippen molar-refractivity contribution < 1.29 is 18.0 Å². The van der Waals surface area contributed by atoms with Crippen LogP contribution in [0.3, 0.4) is 0 Å². The van der Waals surface area contributed by atoms with Gasteiger partial charge in [-0.15, -0.1) is 0 Å². The van der Waals surface area contributed by atoms with E-state index in [9.17, 15) is 18.0 Å². The molecule has 2 aliphatic rings. The van der Waals surface area contributed by atoms with E-state index in [1.807, 2.05) is 13.8 Å². The first-order valence-corrected chi connectivity index (χ1v) is 9.31. The summed E-state index contributed by atoms with van der Waals surface area (Å²) in [5.74, 6) is 0.226. The zero-order chi connectivity index (χ0) is 15.6. The van der Waals surface area contributed by atoms with Gasteiger partial charge >= 0.3 is 0 Å². The van der Waals surface area contributed by atoms with Gasteiger partial charge in [0.15, 0.2) is 9.84 Å². The molecule has 0 aromatic rings. The summed E-state index contributed by atoms with van der Waals surface area (Å²) >= 11 is 0. The van der Waals surface area contributed by atoms with Crippen molar-refractivity contribution in [2.24, 2.45) is 5.92 Å². The fraction of sp³-hybridized carbons (Fsp3) is 0.857. The van der Waals surface area contributed by atoms with E-state index in [0.717, 1.165) is 0 Å². The number of hydrogen-bond donors (Lipinski definition) is 1. The van der Waals surface area contributed by atoms with E-state index < -0.39 is 21.1 Å². The molecule has 21 heavy (non-hydrogen) atoms. The molecule has 2 amide bonds. The predicted octanol–water partition coefficient (Wildman–Crippen LogP) is 0.327. The van der Waals surface area contributed by atoms with Gasteiger partial charge < -0.3 is 10.2 Å². The highest BCUT2D eigenvalue weighted by atomic mass is 32.2. The van der Waals surface area contributed by atoms with Crippen LogP contribution in [-0.2, 0) is 19.4 Å². The molecule has 2 atom stereocenters. The van der Waals surface area contributed by atoms with Crippen LogP contribution >= 0.6 is 0 Å².